The zero-order valence-corrected chi connectivity index (χ0v) is 19.8. The highest BCUT2D eigenvalue weighted by atomic mass is 32.2. The van der Waals surface area contributed by atoms with Gasteiger partial charge in [0.2, 0.25) is 0 Å². The lowest BCUT2D eigenvalue weighted by Crippen LogP contribution is -2.41. The minimum Gasteiger partial charge on any atom is -0.480 e. The largest absolute Gasteiger partial charge is 0.480 e. The monoisotopic (exact) mass is 481 g/mol. The number of benzene rings is 2. The number of thioether (sulfide) groups is 1. The highest BCUT2D eigenvalue weighted by Crippen LogP contribution is 2.18. The number of nitrogens with zero attached hydrogens (tertiary/aromatic N) is 2. The van der Waals surface area contributed by atoms with Crippen LogP contribution in [-0.2, 0) is 24.2 Å². The number of allylic oxidation sites excluding steroid dienone is 1. The fourth-order valence-corrected chi connectivity index (χ4v) is 3.96. The van der Waals surface area contributed by atoms with Gasteiger partial charge in [0, 0.05) is 24.5 Å². The van der Waals surface area contributed by atoms with E-state index in [1.165, 1.54) is 23.9 Å². The molecule has 0 aliphatic heterocycles. The van der Waals surface area contributed by atoms with E-state index >= 15 is 0 Å². The van der Waals surface area contributed by atoms with Crippen LogP contribution in [0.15, 0.2) is 67.3 Å². The van der Waals surface area contributed by atoms with Gasteiger partial charge in [0.05, 0.1) is 6.33 Å². The molecule has 2 N–H and O–H groups in total. The number of carbonyl (C=O) groups excluding carboxylic acids is 1. The second-order valence-electron chi connectivity index (χ2n) is 7.85. The van der Waals surface area contributed by atoms with Gasteiger partial charge in [-0.25, -0.2) is 14.2 Å². The Hall–Kier alpha value is -3.39. The first-order valence-electron chi connectivity index (χ1n) is 11.0. The minimum atomic E-state index is -1.05. The Labute approximate surface area is 202 Å². The van der Waals surface area contributed by atoms with Crippen LogP contribution in [0.1, 0.15) is 33.5 Å². The molecule has 1 heterocycles. The number of hydrogen-bond donors (Lipinski definition) is 2. The summed E-state index contributed by atoms with van der Waals surface area (Å²) >= 11 is 1.53. The van der Waals surface area contributed by atoms with Crippen molar-refractivity contribution in [1.82, 2.24) is 14.9 Å². The second-order valence-corrected chi connectivity index (χ2v) is 8.84. The summed E-state index contributed by atoms with van der Waals surface area (Å²) in [6.07, 6.45) is 12.6. The molecule has 0 fully saturated rings. The van der Waals surface area contributed by atoms with Crippen LogP contribution in [0.4, 0.5) is 4.39 Å². The smallest absolute Gasteiger partial charge is 0.326 e. The van der Waals surface area contributed by atoms with E-state index in [0.717, 1.165) is 16.7 Å². The number of carboxylic acid groups (broad SMARTS) is 1. The highest BCUT2D eigenvalue weighted by Gasteiger charge is 2.22. The molecule has 0 bridgehead atoms. The molecular weight excluding hydrogens is 453 g/mol. The van der Waals surface area contributed by atoms with Crippen molar-refractivity contribution in [3.63, 3.8) is 0 Å². The van der Waals surface area contributed by atoms with Crippen molar-refractivity contribution >= 4 is 29.7 Å². The zero-order chi connectivity index (χ0) is 24.3. The Kier molecular flexibility index (Phi) is 9.46. The summed E-state index contributed by atoms with van der Waals surface area (Å²) in [4.78, 5) is 28.8. The second kappa shape index (κ2) is 12.7. The molecule has 0 spiro atoms. The summed E-state index contributed by atoms with van der Waals surface area (Å²) in [6.45, 7) is 0.642. The van der Waals surface area contributed by atoms with Crippen LogP contribution in [0.5, 0.6) is 0 Å². The van der Waals surface area contributed by atoms with Crippen LogP contribution >= 0.6 is 11.8 Å². The SMILES string of the molecule is CSCC[C@H](NC(=O)c1cc(/C=C\Cn2ccnc2)ccc1CCc1ccc(F)cc1)C(=O)O. The summed E-state index contributed by atoms with van der Waals surface area (Å²) in [6, 6.07) is 11.0. The third-order valence-electron chi connectivity index (χ3n) is 5.37. The molecule has 3 rings (SSSR count). The number of halogens is 1. The van der Waals surface area contributed by atoms with Gasteiger partial charge in [-0.2, -0.15) is 11.8 Å². The standard InChI is InChI=1S/C26H28FN3O3S/c1-34-16-12-24(26(32)33)29-25(31)23-17-20(3-2-14-30-15-13-28-18-30)5-9-21(23)8-4-19-6-10-22(27)11-7-19/h2-3,5-7,9-11,13,15,17-18,24H,4,8,12,14,16H2,1H3,(H,29,31)(H,32,33)/b3-2-/t24-/m0/s1. The number of aryl methyl sites for hydroxylation is 2. The van der Waals surface area contributed by atoms with Crippen LogP contribution in [0.2, 0.25) is 0 Å². The Balaban J connectivity index is 1.81. The fraction of sp³-hybridized carbons (Fsp3) is 0.269. The highest BCUT2D eigenvalue weighted by molar-refractivity contribution is 7.98. The summed E-state index contributed by atoms with van der Waals surface area (Å²) in [5.41, 5.74) is 3.05. The number of rotatable bonds is 12. The van der Waals surface area contributed by atoms with Gasteiger partial charge in [-0.15, -0.1) is 0 Å². The Morgan fingerprint density at radius 3 is 2.68 bits per heavy atom. The number of carboxylic acids is 1. The van der Waals surface area contributed by atoms with Crippen molar-refractivity contribution in [3.05, 3.63) is 95.3 Å². The van der Waals surface area contributed by atoms with Gasteiger partial charge in [-0.1, -0.05) is 36.4 Å². The van der Waals surface area contributed by atoms with Crippen molar-refractivity contribution in [1.29, 1.82) is 0 Å². The average molecular weight is 482 g/mol. The maximum atomic E-state index is 13.2. The molecule has 3 aromatic rings. The Morgan fingerprint density at radius 2 is 2.00 bits per heavy atom. The predicted molar refractivity (Wildman–Crippen MR) is 133 cm³/mol. The minimum absolute atomic E-state index is 0.291. The van der Waals surface area contributed by atoms with E-state index in [9.17, 15) is 19.1 Å². The van der Waals surface area contributed by atoms with E-state index in [0.29, 0.717) is 37.1 Å². The molecule has 178 valence electrons. The van der Waals surface area contributed by atoms with E-state index in [1.54, 1.807) is 30.7 Å². The van der Waals surface area contributed by atoms with Gasteiger partial charge >= 0.3 is 5.97 Å². The van der Waals surface area contributed by atoms with Gasteiger partial charge in [-0.3, -0.25) is 4.79 Å². The maximum absolute atomic E-state index is 13.2. The first-order chi connectivity index (χ1) is 16.5. The van der Waals surface area contributed by atoms with Gasteiger partial charge in [0.1, 0.15) is 11.9 Å². The van der Waals surface area contributed by atoms with E-state index in [1.807, 2.05) is 41.3 Å². The molecule has 8 heteroatoms. The third-order valence-corrected chi connectivity index (χ3v) is 6.02. The van der Waals surface area contributed by atoms with Crippen molar-refractivity contribution < 1.29 is 19.1 Å². The van der Waals surface area contributed by atoms with Crippen molar-refractivity contribution in [2.75, 3.05) is 12.0 Å². The Morgan fingerprint density at radius 1 is 1.21 bits per heavy atom. The lowest BCUT2D eigenvalue weighted by Gasteiger charge is -2.16. The number of amides is 1. The lowest BCUT2D eigenvalue weighted by atomic mass is 9.96. The molecule has 6 nitrogen and oxygen atoms in total. The van der Waals surface area contributed by atoms with Gasteiger partial charge in [0.15, 0.2) is 0 Å². The maximum Gasteiger partial charge on any atom is 0.326 e. The molecular formula is C26H28FN3O3S. The Bertz CT molecular complexity index is 1110. The molecule has 1 aromatic heterocycles. The van der Waals surface area contributed by atoms with Crippen LogP contribution in [-0.4, -0.2) is 44.6 Å². The third kappa shape index (κ3) is 7.59. The van der Waals surface area contributed by atoms with Gasteiger partial charge in [0.25, 0.3) is 5.91 Å². The van der Waals surface area contributed by atoms with Crippen LogP contribution in [0.3, 0.4) is 0 Å². The quantitative estimate of drug-likeness (QED) is 0.399. The summed E-state index contributed by atoms with van der Waals surface area (Å²) < 4.78 is 15.1. The van der Waals surface area contributed by atoms with Gasteiger partial charge in [-0.05, 0) is 66.2 Å². The molecule has 0 aliphatic rings. The molecule has 0 unspecified atom stereocenters. The molecule has 0 saturated heterocycles. The number of imidazole rings is 1. The predicted octanol–water partition coefficient (Wildman–Crippen LogP) is 4.46. The van der Waals surface area contributed by atoms with Crippen LogP contribution in [0.25, 0.3) is 6.08 Å². The molecule has 1 amide bonds. The number of hydrogen-bond acceptors (Lipinski definition) is 4. The molecule has 34 heavy (non-hydrogen) atoms. The molecule has 0 saturated carbocycles. The number of aromatic nitrogens is 2. The number of carbonyl (C=O) groups is 2. The molecule has 0 aliphatic carbocycles. The van der Waals surface area contributed by atoms with Crippen molar-refractivity contribution in [2.24, 2.45) is 0 Å². The first-order valence-corrected chi connectivity index (χ1v) is 12.4. The van der Waals surface area contributed by atoms with Crippen LogP contribution in [0, 0.1) is 5.82 Å². The summed E-state index contributed by atoms with van der Waals surface area (Å²) in [7, 11) is 0. The van der Waals surface area contributed by atoms with Crippen molar-refractivity contribution in [2.45, 2.75) is 31.8 Å². The molecule has 0 radical (unpaired) electrons. The molecule has 1 atom stereocenters. The molecule has 2 aromatic carbocycles. The average Bonchev–Trinajstić information content (AvgIpc) is 3.35. The number of aliphatic carboxylic acids is 1. The van der Waals surface area contributed by atoms with Crippen LogP contribution < -0.4 is 5.32 Å². The lowest BCUT2D eigenvalue weighted by molar-refractivity contribution is -0.139. The fourth-order valence-electron chi connectivity index (χ4n) is 3.49. The number of nitrogens with one attached hydrogen (secondary N) is 1. The van der Waals surface area contributed by atoms with E-state index in [-0.39, 0.29) is 5.82 Å². The normalized spacial score (nSPS) is 12.1. The first kappa shape index (κ1) is 25.2. The van der Waals surface area contributed by atoms with E-state index in [4.69, 9.17) is 0 Å². The summed E-state index contributed by atoms with van der Waals surface area (Å²) in [5, 5.41) is 12.2. The summed E-state index contributed by atoms with van der Waals surface area (Å²) in [5.74, 6) is -1.12. The van der Waals surface area contributed by atoms with Gasteiger partial charge < -0.3 is 15.0 Å². The van der Waals surface area contributed by atoms with E-state index in [2.05, 4.69) is 10.3 Å². The zero-order valence-electron chi connectivity index (χ0n) is 19.0. The van der Waals surface area contributed by atoms with E-state index < -0.39 is 17.9 Å². The topological polar surface area (TPSA) is 84.2 Å². The van der Waals surface area contributed by atoms with Crippen molar-refractivity contribution in [3.8, 4) is 0 Å².